The molecule has 0 bridgehead atoms. The fourth-order valence-corrected chi connectivity index (χ4v) is 5.39. The molecule has 0 saturated carbocycles. The van der Waals surface area contributed by atoms with Gasteiger partial charge in [0.15, 0.2) is 0 Å². The number of rotatable bonds is 6. The number of likely N-dealkylation sites (tertiary alicyclic amines) is 1. The van der Waals surface area contributed by atoms with E-state index in [-0.39, 0.29) is 10.8 Å². The van der Waals surface area contributed by atoms with Gasteiger partial charge in [0.25, 0.3) is 5.91 Å². The van der Waals surface area contributed by atoms with Gasteiger partial charge in [0.1, 0.15) is 0 Å². The van der Waals surface area contributed by atoms with E-state index in [0.29, 0.717) is 24.0 Å². The smallest absolute Gasteiger partial charge is 0.258 e. The Morgan fingerprint density at radius 1 is 1.07 bits per heavy atom. The maximum Gasteiger partial charge on any atom is 0.258 e. The van der Waals surface area contributed by atoms with Crippen molar-refractivity contribution in [2.75, 3.05) is 37.6 Å². The topological polar surface area (TPSA) is 69.7 Å². The lowest BCUT2D eigenvalue weighted by Gasteiger charge is -2.26. The van der Waals surface area contributed by atoms with Crippen LogP contribution in [0.25, 0.3) is 10.8 Å². The molecule has 6 nitrogen and oxygen atoms in total. The lowest BCUT2D eigenvalue weighted by atomic mass is 10.1. The Kier molecular flexibility index (Phi) is 4.92. The highest BCUT2D eigenvalue weighted by Crippen LogP contribution is 2.39. The van der Waals surface area contributed by atoms with E-state index in [9.17, 15) is 13.2 Å². The van der Waals surface area contributed by atoms with E-state index >= 15 is 0 Å². The number of amides is 1. The van der Waals surface area contributed by atoms with Crippen molar-refractivity contribution in [2.24, 2.45) is 0 Å². The number of sulfonamides is 1. The van der Waals surface area contributed by atoms with Crippen LogP contribution in [0.15, 0.2) is 35.2 Å². The highest BCUT2D eigenvalue weighted by molar-refractivity contribution is 7.89. The second-order valence-corrected chi connectivity index (χ2v) is 8.90. The molecule has 0 unspecified atom stereocenters. The predicted molar refractivity (Wildman–Crippen MR) is 107 cm³/mol. The number of piperidine rings is 1. The molecule has 4 rings (SSSR count). The van der Waals surface area contributed by atoms with E-state index in [1.54, 1.807) is 35.2 Å². The van der Waals surface area contributed by atoms with Gasteiger partial charge in [0, 0.05) is 36.0 Å². The van der Waals surface area contributed by atoms with Gasteiger partial charge in [-0.3, -0.25) is 4.79 Å². The molecule has 0 atom stereocenters. The van der Waals surface area contributed by atoms with Crippen LogP contribution in [-0.4, -0.2) is 51.9 Å². The van der Waals surface area contributed by atoms with Crippen LogP contribution in [0, 0.1) is 0 Å². The van der Waals surface area contributed by atoms with Crippen LogP contribution >= 0.6 is 0 Å². The van der Waals surface area contributed by atoms with Crippen LogP contribution in [-0.2, 0) is 10.0 Å². The van der Waals surface area contributed by atoms with Crippen molar-refractivity contribution >= 4 is 32.4 Å². The zero-order chi connectivity index (χ0) is 19.0. The van der Waals surface area contributed by atoms with Crippen molar-refractivity contribution in [1.82, 2.24) is 9.62 Å². The minimum atomic E-state index is -3.64. The molecule has 2 heterocycles. The molecule has 7 heteroatoms. The molecule has 0 aromatic heterocycles. The number of nitrogens with zero attached hydrogens (tertiary/aromatic N) is 2. The Hall–Kier alpha value is -1.96. The van der Waals surface area contributed by atoms with Gasteiger partial charge in [-0.15, -0.1) is 0 Å². The van der Waals surface area contributed by atoms with Crippen LogP contribution in [0.5, 0.6) is 0 Å². The molecule has 1 amide bonds. The molecule has 0 aliphatic carbocycles. The SMILES string of the molecule is CCN1C(=O)c2cccc3c(S(=O)(=O)NCCN4CCCCC4)ccc1c23. The lowest BCUT2D eigenvalue weighted by Crippen LogP contribution is -2.37. The number of anilines is 1. The average Bonchev–Trinajstić information content (AvgIpc) is 2.96. The summed E-state index contributed by atoms with van der Waals surface area (Å²) in [7, 11) is -3.64. The number of carbonyl (C=O) groups excluding carboxylic acids is 1. The first-order valence-electron chi connectivity index (χ1n) is 9.62. The lowest BCUT2D eigenvalue weighted by molar-refractivity contribution is 0.0994. The molecule has 144 valence electrons. The van der Waals surface area contributed by atoms with E-state index in [4.69, 9.17) is 0 Å². The fourth-order valence-electron chi connectivity index (χ4n) is 4.17. The zero-order valence-corrected chi connectivity index (χ0v) is 16.4. The van der Waals surface area contributed by atoms with Crippen LogP contribution in [0.2, 0.25) is 0 Å². The van der Waals surface area contributed by atoms with E-state index < -0.39 is 10.0 Å². The summed E-state index contributed by atoms with van der Waals surface area (Å²) in [5.41, 5.74) is 1.37. The first kappa shape index (κ1) is 18.4. The fraction of sp³-hybridized carbons (Fsp3) is 0.450. The number of carbonyl (C=O) groups is 1. The Balaban J connectivity index is 1.62. The van der Waals surface area contributed by atoms with Gasteiger partial charge in [-0.25, -0.2) is 13.1 Å². The molecule has 2 aromatic carbocycles. The van der Waals surface area contributed by atoms with Crippen LogP contribution < -0.4 is 9.62 Å². The summed E-state index contributed by atoms with van der Waals surface area (Å²) >= 11 is 0. The van der Waals surface area contributed by atoms with Crippen LogP contribution in [0.4, 0.5) is 5.69 Å². The number of hydrogen-bond acceptors (Lipinski definition) is 4. The van der Waals surface area contributed by atoms with Gasteiger partial charge in [-0.1, -0.05) is 18.6 Å². The van der Waals surface area contributed by atoms with Crippen molar-refractivity contribution in [3.63, 3.8) is 0 Å². The monoisotopic (exact) mass is 387 g/mol. The Morgan fingerprint density at radius 2 is 1.85 bits per heavy atom. The molecular formula is C20H25N3O3S. The second-order valence-electron chi connectivity index (χ2n) is 7.16. The molecule has 1 saturated heterocycles. The molecule has 0 spiro atoms. The number of hydrogen-bond donors (Lipinski definition) is 1. The third-order valence-electron chi connectivity index (χ3n) is 5.52. The molecule has 27 heavy (non-hydrogen) atoms. The van der Waals surface area contributed by atoms with Gasteiger partial charge in [-0.05, 0) is 51.1 Å². The van der Waals surface area contributed by atoms with Crippen molar-refractivity contribution < 1.29 is 13.2 Å². The minimum Gasteiger partial charge on any atom is -0.308 e. The van der Waals surface area contributed by atoms with Crippen molar-refractivity contribution in [3.05, 3.63) is 35.9 Å². The zero-order valence-electron chi connectivity index (χ0n) is 15.6. The maximum atomic E-state index is 12.9. The van der Waals surface area contributed by atoms with E-state index in [1.165, 1.54) is 19.3 Å². The highest BCUT2D eigenvalue weighted by Gasteiger charge is 2.31. The third kappa shape index (κ3) is 3.24. The molecule has 2 aromatic rings. The van der Waals surface area contributed by atoms with Gasteiger partial charge >= 0.3 is 0 Å². The quantitative estimate of drug-likeness (QED) is 0.827. The first-order valence-corrected chi connectivity index (χ1v) is 11.1. The summed E-state index contributed by atoms with van der Waals surface area (Å²) in [6.07, 6.45) is 3.63. The van der Waals surface area contributed by atoms with Crippen molar-refractivity contribution in [1.29, 1.82) is 0 Å². The van der Waals surface area contributed by atoms with E-state index in [0.717, 1.165) is 30.7 Å². The van der Waals surface area contributed by atoms with Crippen LogP contribution in [0.1, 0.15) is 36.5 Å². The molecule has 1 fully saturated rings. The summed E-state index contributed by atoms with van der Waals surface area (Å²) in [5, 5.41) is 1.35. The summed E-state index contributed by atoms with van der Waals surface area (Å²) in [6, 6.07) is 8.68. The molecule has 0 radical (unpaired) electrons. The Labute approximate surface area is 160 Å². The summed E-state index contributed by atoms with van der Waals surface area (Å²) in [4.78, 5) is 16.8. The largest absolute Gasteiger partial charge is 0.308 e. The normalized spacial score (nSPS) is 17.8. The summed E-state index contributed by atoms with van der Waals surface area (Å²) in [6.45, 7) is 5.68. The van der Waals surface area contributed by atoms with Crippen molar-refractivity contribution in [2.45, 2.75) is 31.1 Å². The highest BCUT2D eigenvalue weighted by atomic mass is 32.2. The minimum absolute atomic E-state index is 0.0642. The summed E-state index contributed by atoms with van der Waals surface area (Å²) < 4.78 is 28.6. The third-order valence-corrected chi connectivity index (χ3v) is 7.04. The summed E-state index contributed by atoms with van der Waals surface area (Å²) in [5.74, 6) is -0.0642. The maximum absolute atomic E-state index is 12.9. The van der Waals surface area contributed by atoms with Gasteiger partial charge < -0.3 is 9.80 Å². The van der Waals surface area contributed by atoms with Gasteiger partial charge in [-0.2, -0.15) is 0 Å². The first-order chi connectivity index (χ1) is 13.0. The predicted octanol–water partition coefficient (Wildman–Crippen LogP) is 2.58. The van der Waals surface area contributed by atoms with E-state index in [1.807, 2.05) is 6.92 Å². The van der Waals surface area contributed by atoms with Crippen LogP contribution in [0.3, 0.4) is 0 Å². The van der Waals surface area contributed by atoms with E-state index in [2.05, 4.69) is 9.62 Å². The molecule has 2 aliphatic rings. The molecular weight excluding hydrogens is 362 g/mol. The van der Waals surface area contributed by atoms with Gasteiger partial charge in [0.05, 0.1) is 10.6 Å². The Morgan fingerprint density at radius 3 is 2.59 bits per heavy atom. The average molecular weight is 388 g/mol. The Bertz CT molecular complexity index is 981. The van der Waals surface area contributed by atoms with Gasteiger partial charge in [0.2, 0.25) is 10.0 Å². The molecule has 1 N–H and O–H groups in total. The molecule has 2 aliphatic heterocycles. The standard InChI is InChI=1S/C20H25N3O3S/c1-2-23-17-9-10-18(15-7-6-8-16(19(15)17)20(23)24)27(25,26)21-11-14-22-12-4-3-5-13-22/h6-10,21H,2-5,11-14H2,1H3. The second kappa shape index (κ2) is 7.22. The number of benzene rings is 2. The number of nitrogens with one attached hydrogen (secondary N) is 1. The van der Waals surface area contributed by atoms with Crippen molar-refractivity contribution in [3.8, 4) is 0 Å².